The number of benzene rings is 1. The van der Waals surface area contributed by atoms with Gasteiger partial charge in [-0.1, -0.05) is 17.2 Å². The number of hydrogen-bond acceptors (Lipinski definition) is 3. The number of ketones is 2. The number of carbonyl (C=O) groups excluding carboxylic acids is 2. The lowest BCUT2D eigenvalue weighted by Gasteiger charge is -2.04. The Hall–Kier alpha value is -1.48. The second-order valence-electron chi connectivity index (χ2n) is 4.26. The van der Waals surface area contributed by atoms with Crippen LogP contribution in [0.4, 0.5) is 0 Å². The molecular formula is C14H18O3. The van der Waals surface area contributed by atoms with Gasteiger partial charge in [-0.15, -0.1) is 0 Å². The fraction of sp³-hybridized carbons (Fsp3) is 0.429. The van der Waals surface area contributed by atoms with Gasteiger partial charge in [-0.05, 0) is 26.0 Å². The summed E-state index contributed by atoms with van der Waals surface area (Å²) < 4.78 is 4.81. The molecule has 3 nitrogen and oxygen atoms in total. The first kappa shape index (κ1) is 13.6. The lowest BCUT2D eigenvalue weighted by Crippen LogP contribution is -2.10. The summed E-state index contributed by atoms with van der Waals surface area (Å²) in [4.78, 5) is 23.3. The van der Waals surface area contributed by atoms with Crippen LogP contribution in [0.3, 0.4) is 0 Å². The Balaban J connectivity index is 2.66. The van der Waals surface area contributed by atoms with Crippen molar-refractivity contribution in [2.24, 2.45) is 0 Å². The predicted molar refractivity (Wildman–Crippen MR) is 66.4 cm³/mol. The van der Waals surface area contributed by atoms with Gasteiger partial charge in [-0.3, -0.25) is 9.59 Å². The van der Waals surface area contributed by atoms with E-state index in [-0.39, 0.29) is 18.0 Å². The standard InChI is InChI=1S/C14H18O3/c1-10-6-11(2)8-12(7-10)14(16)9-13(15)4-5-17-3/h6-8H,4-5,9H2,1-3H3. The SMILES string of the molecule is COCCC(=O)CC(=O)c1cc(C)cc(C)c1. The van der Waals surface area contributed by atoms with Crippen molar-refractivity contribution in [1.29, 1.82) is 0 Å². The molecule has 0 unspecified atom stereocenters. The van der Waals surface area contributed by atoms with Gasteiger partial charge in [-0.25, -0.2) is 0 Å². The van der Waals surface area contributed by atoms with Crippen LogP contribution in [-0.2, 0) is 9.53 Å². The lowest BCUT2D eigenvalue weighted by atomic mass is 10.0. The van der Waals surface area contributed by atoms with E-state index in [9.17, 15) is 9.59 Å². The summed E-state index contributed by atoms with van der Waals surface area (Å²) in [6.07, 6.45) is 0.263. The van der Waals surface area contributed by atoms with E-state index in [1.54, 1.807) is 7.11 Å². The van der Waals surface area contributed by atoms with Gasteiger partial charge < -0.3 is 4.74 Å². The highest BCUT2D eigenvalue weighted by atomic mass is 16.5. The third-order valence-electron chi connectivity index (χ3n) is 2.49. The minimum absolute atomic E-state index is 0.0355. The summed E-state index contributed by atoms with van der Waals surface area (Å²) in [5, 5.41) is 0. The maximum Gasteiger partial charge on any atom is 0.170 e. The van der Waals surface area contributed by atoms with Gasteiger partial charge in [0.1, 0.15) is 5.78 Å². The maximum atomic E-state index is 11.9. The van der Waals surface area contributed by atoms with E-state index in [0.717, 1.165) is 11.1 Å². The highest BCUT2D eigenvalue weighted by molar-refractivity contribution is 6.08. The fourth-order valence-electron chi connectivity index (χ4n) is 1.72. The number of methoxy groups -OCH3 is 1. The Morgan fingerprint density at radius 1 is 1.12 bits per heavy atom. The summed E-state index contributed by atoms with van der Waals surface area (Å²) in [5.74, 6) is -0.186. The van der Waals surface area contributed by atoms with E-state index in [2.05, 4.69) is 0 Å². The zero-order chi connectivity index (χ0) is 12.8. The molecule has 0 aromatic heterocycles. The van der Waals surface area contributed by atoms with Crippen molar-refractivity contribution in [1.82, 2.24) is 0 Å². The van der Waals surface area contributed by atoms with E-state index in [0.29, 0.717) is 18.6 Å². The summed E-state index contributed by atoms with van der Waals surface area (Å²) in [6, 6.07) is 5.64. The van der Waals surface area contributed by atoms with Crippen LogP contribution in [0, 0.1) is 13.8 Å². The average Bonchev–Trinajstić information content (AvgIpc) is 2.25. The minimum atomic E-state index is -0.113. The predicted octanol–water partition coefficient (Wildman–Crippen LogP) is 2.48. The van der Waals surface area contributed by atoms with Gasteiger partial charge in [-0.2, -0.15) is 0 Å². The molecule has 0 aliphatic carbocycles. The topological polar surface area (TPSA) is 43.4 Å². The third kappa shape index (κ3) is 4.49. The minimum Gasteiger partial charge on any atom is -0.384 e. The van der Waals surface area contributed by atoms with Crippen molar-refractivity contribution in [2.75, 3.05) is 13.7 Å². The van der Waals surface area contributed by atoms with Gasteiger partial charge in [0.25, 0.3) is 0 Å². The number of aryl methyl sites for hydroxylation is 2. The molecule has 0 spiro atoms. The Morgan fingerprint density at radius 3 is 2.24 bits per heavy atom. The first-order valence-electron chi connectivity index (χ1n) is 5.65. The molecule has 92 valence electrons. The fourth-order valence-corrected chi connectivity index (χ4v) is 1.72. The molecule has 1 rings (SSSR count). The maximum absolute atomic E-state index is 11.9. The summed E-state index contributed by atoms with van der Waals surface area (Å²) in [6.45, 7) is 4.26. The summed E-state index contributed by atoms with van der Waals surface area (Å²) >= 11 is 0. The molecule has 0 aliphatic rings. The van der Waals surface area contributed by atoms with Crippen LogP contribution >= 0.6 is 0 Å². The number of hydrogen-bond donors (Lipinski definition) is 0. The highest BCUT2D eigenvalue weighted by Gasteiger charge is 2.12. The molecule has 0 aliphatic heterocycles. The Labute approximate surface area is 102 Å². The molecule has 3 heteroatoms. The molecule has 0 saturated heterocycles. The quantitative estimate of drug-likeness (QED) is 0.561. The second-order valence-corrected chi connectivity index (χ2v) is 4.26. The number of rotatable bonds is 6. The molecule has 0 heterocycles. The smallest absolute Gasteiger partial charge is 0.170 e. The van der Waals surface area contributed by atoms with Crippen LogP contribution in [-0.4, -0.2) is 25.3 Å². The molecule has 0 bridgehead atoms. The van der Waals surface area contributed by atoms with Crippen molar-refractivity contribution < 1.29 is 14.3 Å². The largest absolute Gasteiger partial charge is 0.384 e. The molecule has 0 amide bonds. The number of carbonyl (C=O) groups is 2. The Bertz CT molecular complexity index is 401. The van der Waals surface area contributed by atoms with Crippen LogP contribution in [0.5, 0.6) is 0 Å². The first-order valence-corrected chi connectivity index (χ1v) is 5.65. The van der Waals surface area contributed by atoms with E-state index in [4.69, 9.17) is 4.74 Å². The van der Waals surface area contributed by atoms with Crippen LogP contribution in [0.25, 0.3) is 0 Å². The van der Waals surface area contributed by atoms with Crippen molar-refractivity contribution in [2.45, 2.75) is 26.7 Å². The molecule has 0 N–H and O–H groups in total. The molecular weight excluding hydrogens is 216 g/mol. The Kier molecular flexibility index (Phi) is 5.04. The Morgan fingerprint density at radius 2 is 1.71 bits per heavy atom. The lowest BCUT2D eigenvalue weighted by molar-refractivity contribution is -0.119. The van der Waals surface area contributed by atoms with Crippen molar-refractivity contribution >= 4 is 11.6 Å². The average molecular weight is 234 g/mol. The molecule has 0 saturated carbocycles. The monoisotopic (exact) mass is 234 g/mol. The molecule has 0 fully saturated rings. The normalized spacial score (nSPS) is 10.3. The van der Waals surface area contributed by atoms with Crippen molar-refractivity contribution in [3.8, 4) is 0 Å². The molecule has 17 heavy (non-hydrogen) atoms. The molecule has 0 atom stereocenters. The summed E-state index contributed by atoms with van der Waals surface area (Å²) in [7, 11) is 1.54. The van der Waals surface area contributed by atoms with Crippen molar-refractivity contribution in [3.63, 3.8) is 0 Å². The second kappa shape index (κ2) is 6.30. The van der Waals surface area contributed by atoms with Gasteiger partial charge in [0, 0.05) is 19.1 Å². The van der Waals surface area contributed by atoms with Gasteiger partial charge in [0.05, 0.1) is 13.0 Å². The van der Waals surface area contributed by atoms with Crippen LogP contribution in [0.1, 0.15) is 34.3 Å². The van der Waals surface area contributed by atoms with E-state index >= 15 is 0 Å². The molecule has 1 aromatic carbocycles. The van der Waals surface area contributed by atoms with Gasteiger partial charge in [0.2, 0.25) is 0 Å². The molecule has 0 radical (unpaired) electrons. The third-order valence-corrected chi connectivity index (χ3v) is 2.49. The van der Waals surface area contributed by atoms with E-state index in [1.807, 2.05) is 32.0 Å². The van der Waals surface area contributed by atoms with Crippen LogP contribution < -0.4 is 0 Å². The zero-order valence-electron chi connectivity index (χ0n) is 10.6. The van der Waals surface area contributed by atoms with Crippen LogP contribution in [0.15, 0.2) is 18.2 Å². The summed E-state index contributed by atoms with van der Waals surface area (Å²) in [5.41, 5.74) is 2.70. The number of ether oxygens (including phenoxy) is 1. The highest BCUT2D eigenvalue weighted by Crippen LogP contribution is 2.11. The van der Waals surface area contributed by atoms with E-state index in [1.165, 1.54) is 0 Å². The number of Topliss-reactive ketones (excluding diaryl/α,β-unsaturated/α-hetero) is 2. The van der Waals surface area contributed by atoms with Gasteiger partial charge >= 0.3 is 0 Å². The molecule has 1 aromatic rings. The first-order chi connectivity index (χ1) is 8.02. The van der Waals surface area contributed by atoms with Crippen molar-refractivity contribution in [3.05, 3.63) is 34.9 Å². The van der Waals surface area contributed by atoms with Gasteiger partial charge in [0.15, 0.2) is 5.78 Å². The zero-order valence-corrected chi connectivity index (χ0v) is 10.6. The van der Waals surface area contributed by atoms with E-state index < -0.39 is 0 Å². The van der Waals surface area contributed by atoms with Crippen LogP contribution in [0.2, 0.25) is 0 Å².